The van der Waals surface area contributed by atoms with E-state index < -0.39 is 6.03 Å². The van der Waals surface area contributed by atoms with Crippen molar-refractivity contribution < 1.29 is 4.79 Å². The number of halogens is 2. The van der Waals surface area contributed by atoms with Crippen LogP contribution in [0.2, 0.25) is 10.0 Å². The van der Waals surface area contributed by atoms with E-state index in [0.29, 0.717) is 21.7 Å². The quantitative estimate of drug-likeness (QED) is 0.623. The Hall–Kier alpha value is -1.26. The van der Waals surface area contributed by atoms with Gasteiger partial charge in [-0.1, -0.05) is 37.0 Å². The molecule has 0 aliphatic carbocycles. The summed E-state index contributed by atoms with van der Waals surface area (Å²) in [6, 6.07) is 4.45. The molecule has 2 amide bonds. The third-order valence-electron chi connectivity index (χ3n) is 2.23. The maximum Gasteiger partial charge on any atom is 0.339 e. The Bertz CT molecular complexity index is 487. The second-order valence-electron chi connectivity index (χ2n) is 4.64. The molecular formula is C13H17Cl2N3O. The minimum Gasteiger partial charge on any atom is -0.306 e. The van der Waals surface area contributed by atoms with Crippen LogP contribution in [0.25, 0.3) is 0 Å². The minimum absolute atomic E-state index is 0.388. The molecule has 19 heavy (non-hydrogen) atoms. The molecule has 104 valence electrons. The number of carbonyl (C=O) groups is 1. The van der Waals surface area contributed by atoms with Gasteiger partial charge in [0, 0.05) is 11.4 Å². The molecule has 0 heterocycles. The van der Waals surface area contributed by atoms with Gasteiger partial charge in [0.2, 0.25) is 0 Å². The monoisotopic (exact) mass is 301 g/mol. The SMILES string of the molecule is C/C(CC(C)C)=N\NC(=O)Nc1ccc(Cl)c(Cl)c1. The summed E-state index contributed by atoms with van der Waals surface area (Å²) in [5.41, 5.74) is 3.87. The van der Waals surface area contributed by atoms with E-state index >= 15 is 0 Å². The van der Waals surface area contributed by atoms with Gasteiger partial charge in [-0.15, -0.1) is 0 Å². The highest BCUT2D eigenvalue weighted by Crippen LogP contribution is 2.24. The van der Waals surface area contributed by atoms with Crippen molar-refractivity contribution in [1.82, 2.24) is 5.43 Å². The van der Waals surface area contributed by atoms with Crippen LogP contribution in [0.5, 0.6) is 0 Å². The highest BCUT2D eigenvalue weighted by atomic mass is 35.5. The van der Waals surface area contributed by atoms with Crippen molar-refractivity contribution in [1.29, 1.82) is 0 Å². The third-order valence-corrected chi connectivity index (χ3v) is 2.97. The second kappa shape index (κ2) is 7.36. The third kappa shape index (κ3) is 5.94. The first-order valence-electron chi connectivity index (χ1n) is 5.93. The molecule has 1 aromatic carbocycles. The van der Waals surface area contributed by atoms with E-state index in [4.69, 9.17) is 23.2 Å². The van der Waals surface area contributed by atoms with Crippen molar-refractivity contribution in [3.63, 3.8) is 0 Å². The van der Waals surface area contributed by atoms with Crippen molar-refractivity contribution in [3.05, 3.63) is 28.2 Å². The number of nitrogens with one attached hydrogen (secondary N) is 2. The number of hydrazone groups is 1. The number of hydrogen-bond acceptors (Lipinski definition) is 2. The molecule has 0 aromatic heterocycles. The lowest BCUT2D eigenvalue weighted by Gasteiger charge is -2.07. The molecule has 0 spiro atoms. The van der Waals surface area contributed by atoms with Crippen molar-refractivity contribution in [2.24, 2.45) is 11.0 Å². The summed E-state index contributed by atoms with van der Waals surface area (Å²) >= 11 is 11.6. The summed E-state index contributed by atoms with van der Waals surface area (Å²) in [4.78, 5) is 11.6. The van der Waals surface area contributed by atoms with Crippen LogP contribution in [0.15, 0.2) is 23.3 Å². The molecule has 0 aliphatic heterocycles. The Morgan fingerprint density at radius 3 is 2.58 bits per heavy atom. The van der Waals surface area contributed by atoms with Crippen molar-refractivity contribution in [2.45, 2.75) is 27.2 Å². The number of amides is 2. The largest absolute Gasteiger partial charge is 0.339 e. The molecular weight excluding hydrogens is 285 g/mol. The Labute approximate surface area is 123 Å². The summed E-state index contributed by atoms with van der Waals surface area (Å²) < 4.78 is 0. The lowest BCUT2D eigenvalue weighted by atomic mass is 10.1. The van der Waals surface area contributed by atoms with E-state index in [2.05, 4.69) is 29.7 Å². The van der Waals surface area contributed by atoms with E-state index in [-0.39, 0.29) is 0 Å². The van der Waals surface area contributed by atoms with Crippen LogP contribution in [0, 0.1) is 5.92 Å². The zero-order chi connectivity index (χ0) is 14.4. The normalized spacial score (nSPS) is 11.6. The first kappa shape index (κ1) is 15.8. The first-order chi connectivity index (χ1) is 8.88. The molecule has 0 aliphatic rings. The molecule has 4 nitrogen and oxygen atoms in total. The maximum absolute atomic E-state index is 11.6. The predicted molar refractivity (Wildman–Crippen MR) is 81.2 cm³/mol. The van der Waals surface area contributed by atoms with Gasteiger partial charge in [-0.05, 0) is 37.5 Å². The highest BCUT2D eigenvalue weighted by Gasteiger charge is 2.04. The number of anilines is 1. The van der Waals surface area contributed by atoms with Gasteiger partial charge in [-0.25, -0.2) is 10.2 Å². The molecule has 2 N–H and O–H groups in total. The van der Waals surface area contributed by atoms with E-state index in [9.17, 15) is 4.79 Å². The van der Waals surface area contributed by atoms with Gasteiger partial charge in [0.15, 0.2) is 0 Å². The lowest BCUT2D eigenvalue weighted by Crippen LogP contribution is -2.25. The molecule has 0 radical (unpaired) electrons. The Morgan fingerprint density at radius 1 is 1.32 bits per heavy atom. The van der Waals surface area contributed by atoms with Crippen LogP contribution in [0.1, 0.15) is 27.2 Å². The average Bonchev–Trinajstić information content (AvgIpc) is 2.30. The van der Waals surface area contributed by atoms with Crippen molar-refractivity contribution in [3.8, 4) is 0 Å². The predicted octanol–water partition coefficient (Wildman–Crippen LogP) is 4.54. The number of carbonyl (C=O) groups excluding carboxylic acids is 1. The number of benzene rings is 1. The highest BCUT2D eigenvalue weighted by molar-refractivity contribution is 6.42. The fourth-order valence-corrected chi connectivity index (χ4v) is 1.81. The summed E-state index contributed by atoms with van der Waals surface area (Å²) in [6.07, 6.45) is 0.840. The van der Waals surface area contributed by atoms with Crippen molar-refractivity contribution >= 4 is 40.6 Å². The first-order valence-corrected chi connectivity index (χ1v) is 6.69. The molecule has 6 heteroatoms. The van der Waals surface area contributed by atoms with Crippen LogP contribution < -0.4 is 10.7 Å². The van der Waals surface area contributed by atoms with Gasteiger partial charge >= 0.3 is 6.03 Å². The number of hydrogen-bond donors (Lipinski definition) is 2. The molecule has 0 atom stereocenters. The Morgan fingerprint density at radius 2 is 2.00 bits per heavy atom. The van der Waals surface area contributed by atoms with Gasteiger partial charge in [0.25, 0.3) is 0 Å². The number of urea groups is 1. The zero-order valence-electron chi connectivity index (χ0n) is 11.1. The molecule has 0 bridgehead atoms. The fourth-order valence-electron chi connectivity index (χ4n) is 1.52. The van der Waals surface area contributed by atoms with Gasteiger partial charge in [0.1, 0.15) is 0 Å². The fraction of sp³-hybridized carbons (Fsp3) is 0.385. The number of nitrogens with zero attached hydrogens (tertiary/aromatic N) is 1. The second-order valence-corrected chi connectivity index (χ2v) is 5.45. The smallest absolute Gasteiger partial charge is 0.306 e. The molecule has 0 saturated heterocycles. The molecule has 0 fully saturated rings. The van der Waals surface area contributed by atoms with Crippen LogP contribution in [-0.2, 0) is 0 Å². The zero-order valence-corrected chi connectivity index (χ0v) is 12.6. The maximum atomic E-state index is 11.6. The van der Waals surface area contributed by atoms with Crippen LogP contribution >= 0.6 is 23.2 Å². The van der Waals surface area contributed by atoms with E-state index in [1.165, 1.54) is 0 Å². The lowest BCUT2D eigenvalue weighted by molar-refractivity contribution is 0.252. The average molecular weight is 302 g/mol. The van der Waals surface area contributed by atoms with E-state index in [1.807, 2.05) is 6.92 Å². The molecule has 1 rings (SSSR count). The van der Waals surface area contributed by atoms with Crippen molar-refractivity contribution in [2.75, 3.05) is 5.32 Å². The summed E-state index contributed by atoms with van der Waals surface area (Å²) in [7, 11) is 0. The minimum atomic E-state index is -0.415. The summed E-state index contributed by atoms with van der Waals surface area (Å²) in [6.45, 7) is 6.06. The standard InChI is InChI=1S/C13H17Cl2N3O/c1-8(2)6-9(3)17-18-13(19)16-10-4-5-11(14)12(15)7-10/h4-5,7-8H,6H2,1-3H3,(H2,16,18,19)/b17-9+. The molecule has 1 aromatic rings. The summed E-state index contributed by atoms with van der Waals surface area (Å²) in [5, 5.41) is 7.45. The van der Waals surface area contributed by atoms with Crippen LogP contribution in [0.3, 0.4) is 0 Å². The Balaban J connectivity index is 2.53. The van der Waals surface area contributed by atoms with E-state index in [0.717, 1.165) is 12.1 Å². The summed E-state index contributed by atoms with van der Waals surface area (Å²) in [5.74, 6) is 0.503. The number of rotatable bonds is 4. The Kier molecular flexibility index (Phi) is 6.12. The van der Waals surface area contributed by atoms with Crippen LogP contribution in [0.4, 0.5) is 10.5 Å². The van der Waals surface area contributed by atoms with Gasteiger partial charge in [-0.3, -0.25) is 0 Å². The van der Waals surface area contributed by atoms with Gasteiger partial charge < -0.3 is 5.32 Å². The van der Waals surface area contributed by atoms with Gasteiger partial charge in [-0.2, -0.15) is 5.10 Å². The van der Waals surface area contributed by atoms with Gasteiger partial charge in [0.05, 0.1) is 10.0 Å². The topological polar surface area (TPSA) is 53.5 Å². The molecule has 0 saturated carbocycles. The molecule has 0 unspecified atom stereocenters. The van der Waals surface area contributed by atoms with E-state index in [1.54, 1.807) is 18.2 Å². The van der Waals surface area contributed by atoms with Crippen LogP contribution in [-0.4, -0.2) is 11.7 Å².